The summed E-state index contributed by atoms with van der Waals surface area (Å²) in [7, 11) is -3.35. The molecule has 7 nitrogen and oxygen atoms in total. The third-order valence-electron chi connectivity index (χ3n) is 3.16. The zero-order chi connectivity index (χ0) is 15.5. The van der Waals surface area contributed by atoms with E-state index in [4.69, 9.17) is 0 Å². The number of sulfonamides is 1. The molecule has 0 saturated heterocycles. The molecule has 0 bridgehead atoms. The Kier molecular flexibility index (Phi) is 4.69. The predicted octanol–water partition coefficient (Wildman–Crippen LogP) is 0.397. The van der Waals surface area contributed by atoms with Gasteiger partial charge in [0.15, 0.2) is 0 Å². The maximum absolute atomic E-state index is 12.0. The monoisotopic (exact) mass is 311 g/mol. The van der Waals surface area contributed by atoms with Crippen molar-refractivity contribution >= 4 is 21.8 Å². The van der Waals surface area contributed by atoms with Gasteiger partial charge in [0.2, 0.25) is 10.0 Å². The van der Waals surface area contributed by atoms with Crippen molar-refractivity contribution in [1.82, 2.24) is 14.6 Å². The highest BCUT2D eigenvalue weighted by Crippen LogP contribution is 2.19. The molecule has 1 aliphatic heterocycles. The van der Waals surface area contributed by atoms with Gasteiger partial charge in [-0.3, -0.25) is 19.5 Å². The van der Waals surface area contributed by atoms with E-state index in [2.05, 4.69) is 9.71 Å². The van der Waals surface area contributed by atoms with Crippen molar-refractivity contribution in [3.8, 4) is 0 Å². The van der Waals surface area contributed by atoms with Gasteiger partial charge in [0, 0.05) is 19.3 Å². The van der Waals surface area contributed by atoms with Gasteiger partial charge in [-0.15, -0.1) is 0 Å². The van der Waals surface area contributed by atoms with Crippen LogP contribution in [0.5, 0.6) is 0 Å². The number of hydrogen-bond acceptors (Lipinski definition) is 5. The number of unbranched alkanes of at least 4 members (excludes halogenated alkanes) is 1. The number of carbonyl (C=O) groups is 2. The molecule has 0 aromatic carbocycles. The maximum Gasteiger partial charge on any atom is 0.280 e. The third kappa shape index (κ3) is 3.45. The number of hydrogen-bond donors (Lipinski definition) is 1. The van der Waals surface area contributed by atoms with Crippen LogP contribution in [0.15, 0.2) is 18.3 Å². The second-order valence-corrected chi connectivity index (χ2v) is 6.65. The zero-order valence-corrected chi connectivity index (χ0v) is 12.5. The molecule has 1 aromatic heterocycles. The van der Waals surface area contributed by atoms with Gasteiger partial charge in [0.05, 0.1) is 11.3 Å². The number of amides is 2. The lowest BCUT2D eigenvalue weighted by Crippen LogP contribution is -2.38. The van der Waals surface area contributed by atoms with Crippen LogP contribution in [0.1, 0.15) is 40.6 Å². The van der Waals surface area contributed by atoms with Crippen LogP contribution in [0.4, 0.5) is 0 Å². The third-order valence-corrected chi connectivity index (χ3v) is 4.63. The van der Waals surface area contributed by atoms with Gasteiger partial charge in [-0.25, -0.2) is 13.1 Å². The molecule has 2 amide bonds. The zero-order valence-electron chi connectivity index (χ0n) is 11.7. The van der Waals surface area contributed by atoms with Crippen LogP contribution in [0.3, 0.4) is 0 Å². The van der Waals surface area contributed by atoms with E-state index >= 15 is 0 Å². The molecule has 1 aromatic rings. The van der Waals surface area contributed by atoms with E-state index in [0.717, 1.165) is 11.3 Å². The van der Waals surface area contributed by atoms with Gasteiger partial charge in [-0.2, -0.15) is 0 Å². The van der Waals surface area contributed by atoms with Crippen LogP contribution in [0.2, 0.25) is 0 Å². The highest BCUT2D eigenvalue weighted by molar-refractivity contribution is 7.89. The van der Waals surface area contributed by atoms with Crippen LogP contribution in [0, 0.1) is 0 Å². The van der Waals surface area contributed by atoms with E-state index in [-0.39, 0.29) is 30.1 Å². The van der Waals surface area contributed by atoms with E-state index in [0.29, 0.717) is 6.42 Å². The Hall–Kier alpha value is -1.80. The second-order valence-electron chi connectivity index (χ2n) is 4.73. The molecule has 0 radical (unpaired) electrons. The average Bonchev–Trinajstić information content (AvgIpc) is 2.71. The molecule has 1 aliphatic rings. The van der Waals surface area contributed by atoms with Crippen LogP contribution < -0.4 is 4.72 Å². The van der Waals surface area contributed by atoms with E-state index in [1.807, 2.05) is 6.92 Å². The number of carbonyl (C=O) groups excluding carboxylic acids is 2. The summed E-state index contributed by atoms with van der Waals surface area (Å²) >= 11 is 0. The molecule has 1 N–H and O–H groups in total. The molecule has 0 fully saturated rings. The van der Waals surface area contributed by atoms with E-state index in [1.165, 1.54) is 12.3 Å². The topological polar surface area (TPSA) is 96.4 Å². The number of aromatic nitrogens is 1. The SMILES string of the molecule is CCCCS(=O)(=O)NCCN1C(=O)c2cccnc2C1=O. The van der Waals surface area contributed by atoms with Gasteiger partial charge in [-0.1, -0.05) is 13.3 Å². The number of fused-ring (bicyclic) bond motifs is 1. The van der Waals surface area contributed by atoms with Gasteiger partial charge < -0.3 is 0 Å². The Morgan fingerprint density at radius 2 is 2.05 bits per heavy atom. The summed E-state index contributed by atoms with van der Waals surface area (Å²) in [6.45, 7) is 1.91. The molecule has 2 heterocycles. The van der Waals surface area contributed by atoms with Crippen molar-refractivity contribution in [3.63, 3.8) is 0 Å². The van der Waals surface area contributed by atoms with Gasteiger partial charge >= 0.3 is 0 Å². The highest BCUT2D eigenvalue weighted by Gasteiger charge is 2.36. The van der Waals surface area contributed by atoms with Crippen molar-refractivity contribution in [1.29, 1.82) is 0 Å². The average molecular weight is 311 g/mol. The maximum atomic E-state index is 12.0. The molecule has 0 unspecified atom stereocenters. The molecular weight excluding hydrogens is 294 g/mol. The lowest BCUT2D eigenvalue weighted by atomic mass is 10.2. The molecule has 21 heavy (non-hydrogen) atoms. The van der Waals surface area contributed by atoms with E-state index in [1.54, 1.807) is 6.07 Å². The lowest BCUT2D eigenvalue weighted by Gasteiger charge is -2.14. The fourth-order valence-corrected chi connectivity index (χ4v) is 3.25. The van der Waals surface area contributed by atoms with Crippen molar-refractivity contribution in [2.75, 3.05) is 18.8 Å². The Balaban J connectivity index is 1.94. The first kappa shape index (κ1) is 15.6. The van der Waals surface area contributed by atoms with Crippen molar-refractivity contribution < 1.29 is 18.0 Å². The molecule has 0 aliphatic carbocycles. The summed E-state index contributed by atoms with van der Waals surface area (Å²) in [5.41, 5.74) is 0.382. The summed E-state index contributed by atoms with van der Waals surface area (Å²) in [6, 6.07) is 3.12. The van der Waals surface area contributed by atoms with E-state index < -0.39 is 21.8 Å². The molecule has 0 atom stereocenters. The summed E-state index contributed by atoms with van der Waals surface area (Å²) < 4.78 is 25.7. The fraction of sp³-hybridized carbons (Fsp3) is 0.462. The Bertz CT molecular complexity index is 622. The normalized spacial score (nSPS) is 14.6. The van der Waals surface area contributed by atoms with Crippen LogP contribution >= 0.6 is 0 Å². The molecule has 2 rings (SSSR count). The summed E-state index contributed by atoms with van der Waals surface area (Å²) in [5, 5.41) is 0. The minimum atomic E-state index is -3.35. The lowest BCUT2D eigenvalue weighted by molar-refractivity contribution is 0.0655. The minimum Gasteiger partial charge on any atom is -0.272 e. The molecule has 114 valence electrons. The van der Waals surface area contributed by atoms with Crippen molar-refractivity contribution in [3.05, 3.63) is 29.6 Å². The standard InChI is InChI=1S/C13H17N3O4S/c1-2-3-9-21(19,20)15-7-8-16-12(17)10-5-4-6-14-11(10)13(16)18/h4-6,15H,2-3,7-9H2,1H3. The number of imide groups is 1. The quantitative estimate of drug-likeness (QED) is 0.735. The van der Waals surface area contributed by atoms with E-state index in [9.17, 15) is 18.0 Å². The predicted molar refractivity (Wildman–Crippen MR) is 76.3 cm³/mol. The number of nitrogens with one attached hydrogen (secondary N) is 1. The Morgan fingerprint density at radius 1 is 1.29 bits per heavy atom. The van der Waals surface area contributed by atoms with Gasteiger partial charge in [0.25, 0.3) is 11.8 Å². The first-order chi connectivity index (χ1) is 9.96. The van der Waals surface area contributed by atoms with Crippen LogP contribution in [0.25, 0.3) is 0 Å². The summed E-state index contributed by atoms with van der Waals surface area (Å²) in [4.78, 5) is 28.9. The van der Waals surface area contributed by atoms with Gasteiger partial charge in [-0.05, 0) is 18.6 Å². The Labute approximate surface area is 123 Å². The van der Waals surface area contributed by atoms with Crippen molar-refractivity contribution in [2.45, 2.75) is 19.8 Å². The van der Waals surface area contributed by atoms with Crippen LogP contribution in [-0.4, -0.2) is 49.0 Å². The number of nitrogens with zero attached hydrogens (tertiary/aromatic N) is 2. The minimum absolute atomic E-state index is 0.000613. The number of rotatable bonds is 7. The molecular formula is C13H17N3O4S. The largest absolute Gasteiger partial charge is 0.280 e. The first-order valence-electron chi connectivity index (χ1n) is 6.75. The van der Waals surface area contributed by atoms with Crippen LogP contribution in [-0.2, 0) is 10.0 Å². The summed E-state index contributed by atoms with van der Waals surface area (Å²) in [6.07, 6.45) is 2.80. The second kappa shape index (κ2) is 6.31. The molecule has 8 heteroatoms. The summed E-state index contributed by atoms with van der Waals surface area (Å²) in [5.74, 6) is -0.869. The fourth-order valence-electron chi connectivity index (χ4n) is 2.04. The Morgan fingerprint density at radius 3 is 2.71 bits per heavy atom. The smallest absolute Gasteiger partial charge is 0.272 e. The molecule has 0 saturated carbocycles. The molecule has 0 spiro atoms. The highest BCUT2D eigenvalue weighted by atomic mass is 32.2. The van der Waals surface area contributed by atoms with Crippen molar-refractivity contribution in [2.24, 2.45) is 0 Å². The van der Waals surface area contributed by atoms with Gasteiger partial charge in [0.1, 0.15) is 5.69 Å². The number of pyridine rings is 1. The first-order valence-corrected chi connectivity index (χ1v) is 8.40.